The SMILES string of the molecule is Cc1ccc(CCC(=O)NCC(C)(C)O)cc1Cl. The van der Waals surface area contributed by atoms with Gasteiger partial charge in [-0.2, -0.15) is 0 Å². The van der Waals surface area contributed by atoms with E-state index >= 15 is 0 Å². The quantitative estimate of drug-likeness (QED) is 0.863. The van der Waals surface area contributed by atoms with E-state index in [1.807, 2.05) is 25.1 Å². The average molecular weight is 270 g/mol. The highest BCUT2D eigenvalue weighted by atomic mass is 35.5. The molecule has 4 heteroatoms. The van der Waals surface area contributed by atoms with Crippen molar-refractivity contribution in [3.8, 4) is 0 Å². The highest BCUT2D eigenvalue weighted by molar-refractivity contribution is 6.31. The minimum atomic E-state index is -0.872. The lowest BCUT2D eigenvalue weighted by Gasteiger charge is -2.17. The summed E-state index contributed by atoms with van der Waals surface area (Å²) in [6.07, 6.45) is 1.05. The van der Waals surface area contributed by atoms with Crippen molar-refractivity contribution < 1.29 is 9.90 Å². The van der Waals surface area contributed by atoms with Crippen LogP contribution in [0.1, 0.15) is 31.4 Å². The van der Waals surface area contributed by atoms with E-state index in [1.54, 1.807) is 13.8 Å². The molecule has 18 heavy (non-hydrogen) atoms. The highest BCUT2D eigenvalue weighted by Crippen LogP contribution is 2.17. The van der Waals surface area contributed by atoms with E-state index in [1.165, 1.54) is 0 Å². The molecule has 100 valence electrons. The summed E-state index contributed by atoms with van der Waals surface area (Å²) >= 11 is 6.02. The summed E-state index contributed by atoms with van der Waals surface area (Å²) in [6.45, 7) is 5.53. The number of hydrogen-bond acceptors (Lipinski definition) is 2. The minimum absolute atomic E-state index is 0.0613. The van der Waals surface area contributed by atoms with Crippen LogP contribution in [-0.4, -0.2) is 23.2 Å². The van der Waals surface area contributed by atoms with Crippen LogP contribution in [0.3, 0.4) is 0 Å². The van der Waals surface area contributed by atoms with Crippen LogP contribution in [0, 0.1) is 6.92 Å². The fourth-order valence-electron chi connectivity index (χ4n) is 1.45. The molecule has 0 atom stereocenters. The number of benzene rings is 1. The van der Waals surface area contributed by atoms with E-state index in [0.29, 0.717) is 12.8 Å². The van der Waals surface area contributed by atoms with Crippen LogP contribution in [0.25, 0.3) is 0 Å². The summed E-state index contributed by atoms with van der Waals surface area (Å²) in [5.41, 5.74) is 1.21. The Kier molecular flexibility index (Phi) is 5.17. The highest BCUT2D eigenvalue weighted by Gasteiger charge is 2.13. The first kappa shape index (κ1) is 15.0. The fraction of sp³-hybridized carbons (Fsp3) is 0.500. The van der Waals surface area contributed by atoms with Crippen molar-refractivity contribution in [1.82, 2.24) is 5.32 Å². The number of carbonyl (C=O) groups is 1. The first-order chi connectivity index (χ1) is 8.28. The smallest absolute Gasteiger partial charge is 0.220 e. The van der Waals surface area contributed by atoms with Crippen LogP contribution in [0.4, 0.5) is 0 Å². The largest absolute Gasteiger partial charge is 0.389 e. The van der Waals surface area contributed by atoms with E-state index in [4.69, 9.17) is 11.6 Å². The van der Waals surface area contributed by atoms with Crippen LogP contribution < -0.4 is 5.32 Å². The molecule has 0 aliphatic heterocycles. The van der Waals surface area contributed by atoms with E-state index in [0.717, 1.165) is 16.1 Å². The number of nitrogens with one attached hydrogen (secondary N) is 1. The fourth-order valence-corrected chi connectivity index (χ4v) is 1.66. The van der Waals surface area contributed by atoms with E-state index in [9.17, 15) is 9.90 Å². The molecule has 3 nitrogen and oxygen atoms in total. The molecule has 0 bridgehead atoms. The third-order valence-corrected chi connectivity index (χ3v) is 3.00. The third-order valence-electron chi connectivity index (χ3n) is 2.60. The van der Waals surface area contributed by atoms with E-state index in [-0.39, 0.29) is 12.5 Å². The van der Waals surface area contributed by atoms with Crippen LogP contribution in [0.15, 0.2) is 18.2 Å². The number of rotatable bonds is 5. The zero-order valence-electron chi connectivity index (χ0n) is 11.1. The number of halogens is 1. The third kappa shape index (κ3) is 5.52. The minimum Gasteiger partial charge on any atom is -0.389 e. The Balaban J connectivity index is 2.40. The molecule has 1 rings (SSSR count). The molecule has 0 aliphatic carbocycles. The van der Waals surface area contributed by atoms with Gasteiger partial charge in [0.15, 0.2) is 0 Å². The molecule has 0 spiro atoms. The Hall–Kier alpha value is -1.06. The van der Waals surface area contributed by atoms with Gasteiger partial charge in [-0.3, -0.25) is 4.79 Å². The first-order valence-corrected chi connectivity index (χ1v) is 6.40. The summed E-state index contributed by atoms with van der Waals surface area (Å²) in [4.78, 5) is 11.6. The van der Waals surface area contributed by atoms with Crippen LogP contribution in [0.5, 0.6) is 0 Å². The predicted molar refractivity (Wildman–Crippen MR) is 73.8 cm³/mol. The van der Waals surface area contributed by atoms with Crippen LogP contribution in [0.2, 0.25) is 5.02 Å². The molecular formula is C14H20ClNO2. The van der Waals surface area contributed by atoms with Crippen molar-refractivity contribution in [3.63, 3.8) is 0 Å². The number of aryl methyl sites for hydroxylation is 2. The standard InChI is InChI=1S/C14H20ClNO2/c1-10-4-5-11(8-12(10)15)6-7-13(17)16-9-14(2,3)18/h4-5,8,18H,6-7,9H2,1-3H3,(H,16,17). The molecule has 0 saturated carbocycles. The van der Waals surface area contributed by atoms with Gasteiger partial charge in [-0.15, -0.1) is 0 Å². The Morgan fingerprint density at radius 2 is 2.11 bits per heavy atom. The summed E-state index contributed by atoms with van der Waals surface area (Å²) in [6, 6.07) is 5.82. The molecule has 0 fully saturated rings. The molecule has 1 amide bonds. The monoisotopic (exact) mass is 269 g/mol. The predicted octanol–water partition coefficient (Wildman–Crippen LogP) is 2.47. The molecule has 0 saturated heterocycles. The lowest BCUT2D eigenvalue weighted by Crippen LogP contribution is -2.38. The Bertz CT molecular complexity index is 424. The van der Waals surface area contributed by atoms with Crippen molar-refractivity contribution in [3.05, 3.63) is 34.3 Å². The van der Waals surface area contributed by atoms with E-state index < -0.39 is 5.60 Å². The van der Waals surface area contributed by atoms with Crippen molar-refractivity contribution in [2.75, 3.05) is 6.54 Å². The maximum absolute atomic E-state index is 11.6. The number of carbonyl (C=O) groups excluding carboxylic acids is 1. The van der Waals surface area contributed by atoms with Gasteiger partial charge in [0, 0.05) is 18.0 Å². The topological polar surface area (TPSA) is 49.3 Å². The summed E-state index contributed by atoms with van der Waals surface area (Å²) in [7, 11) is 0. The Labute approximate surface area is 113 Å². The van der Waals surface area contributed by atoms with E-state index in [2.05, 4.69) is 5.32 Å². The van der Waals surface area contributed by atoms with Gasteiger partial charge in [-0.05, 0) is 44.4 Å². The molecule has 0 unspecified atom stereocenters. The van der Waals surface area contributed by atoms with Gasteiger partial charge in [0.25, 0.3) is 0 Å². The van der Waals surface area contributed by atoms with Gasteiger partial charge in [0.2, 0.25) is 5.91 Å². The zero-order chi connectivity index (χ0) is 13.8. The van der Waals surface area contributed by atoms with Crippen molar-refractivity contribution in [1.29, 1.82) is 0 Å². The van der Waals surface area contributed by atoms with Crippen LogP contribution in [-0.2, 0) is 11.2 Å². The molecule has 1 aromatic carbocycles. The summed E-state index contributed by atoms with van der Waals surface area (Å²) in [5, 5.41) is 12.9. The van der Waals surface area contributed by atoms with Gasteiger partial charge >= 0.3 is 0 Å². The van der Waals surface area contributed by atoms with Gasteiger partial charge < -0.3 is 10.4 Å². The second-order valence-electron chi connectivity index (χ2n) is 5.17. The molecule has 0 heterocycles. The average Bonchev–Trinajstić information content (AvgIpc) is 2.27. The van der Waals surface area contributed by atoms with Crippen LogP contribution >= 0.6 is 11.6 Å². The van der Waals surface area contributed by atoms with Gasteiger partial charge in [-0.25, -0.2) is 0 Å². The summed E-state index contributed by atoms with van der Waals surface area (Å²) in [5.74, 6) is -0.0613. The van der Waals surface area contributed by atoms with Crippen molar-refractivity contribution in [2.45, 2.75) is 39.2 Å². The zero-order valence-corrected chi connectivity index (χ0v) is 11.8. The number of hydrogen-bond donors (Lipinski definition) is 2. The summed E-state index contributed by atoms with van der Waals surface area (Å²) < 4.78 is 0. The lowest BCUT2D eigenvalue weighted by atomic mass is 10.1. The van der Waals surface area contributed by atoms with Crippen molar-refractivity contribution >= 4 is 17.5 Å². The van der Waals surface area contributed by atoms with Gasteiger partial charge in [0.05, 0.1) is 5.60 Å². The number of aliphatic hydroxyl groups is 1. The number of amides is 1. The molecule has 0 radical (unpaired) electrons. The molecule has 0 aromatic heterocycles. The van der Waals surface area contributed by atoms with Gasteiger partial charge in [-0.1, -0.05) is 23.7 Å². The van der Waals surface area contributed by atoms with Crippen molar-refractivity contribution in [2.24, 2.45) is 0 Å². The Morgan fingerprint density at radius 3 is 2.67 bits per heavy atom. The molecule has 2 N–H and O–H groups in total. The Morgan fingerprint density at radius 1 is 1.44 bits per heavy atom. The first-order valence-electron chi connectivity index (χ1n) is 6.02. The lowest BCUT2D eigenvalue weighted by molar-refractivity contribution is -0.122. The molecular weight excluding hydrogens is 250 g/mol. The normalized spacial score (nSPS) is 11.4. The second-order valence-corrected chi connectivity index (χ2v) is 5.58. The maximum atomic E-state index is 11.6. The molecule has 0 aliphatic rings. The molecule has 1 aromatic rings. The second kappa shape index (κ2) is 6.21. The maximum Gasteiger partial charge on any atom is 0.220 e. The van der Waals surface area contributed by atoms with Gasteiger partial charge in [0.1, 0.15) is 0 Å².